The fourth-order valence-corrected chi connectivity index (χ4v) is 1.59. The van der Waals surface area contributed by atoms with E-state index >= 15 is 0 Å². The minimum atomic E-state index is 0.748. The largest absolute Gasteiger partial charge is 0.196 e. The number of aryl methyl sites for hydroxylation is 1. The molecule has 2 rings (SSSR count). The zero-order valence-electron chi connectivity index (χ0n) is 7.08. The van der Waals surface area contributed by atoms with Gasteiger partial charge >= 0.3 is 0 Å². The third-order valence-electron chi connectivity index (χ3n) is 1.80. The van der Waals surface area contributed by atoms with Crippen LogP contribution < -0.4 is 0 Å². The topological polar surface area (TPSA) is 41.6 Å². The Hall–Kier alpha value is -1.16. The van der Waals surface area contributed by atoms with Crippen LogP contribution in [-0.2, 0) is 0 Å². The monoisotopic (exact) mass is 237 g/mol. The zero-order valence-corrected chi connectivity index (χ0v) is 8.67. The minimum absolute atomic E-state index is 0.748. The third kappa shape index (κ3) is 1.62. The Morgan fingerprint density at radius 1 is 1.31 bits per heavy atom. The summed E-state index contributed by atoms with van der Waals surface area (Å²) >= 11 is 3.32. The molecule has 66 valence electrons. The molecule has 0 spiro atoms. The molecule has 0 bridgehead atoms. The number of H-pyrrole nitrogens is 1. The van der Waals surface area contributed by atoms with Crippen LogP contribution in [0.1, 0.15) is 5.56 Å². The van der Waals surface area contributed by atoms with Crippen LogP contribution in [-0.4, -0.2) is 15.4 Å². The van der Waals surface area contributed by atoms with Crippen LogP contribution in [0.25, 0.3) is 11.3 Å². The van der Waals surface area contributed by atoms with E-state index in [0.29, 0.717) is 0 Å². The Morgan fingerprint density at radius 3 is 2.77 bits per heavy atom. The van der Waals surface area contributed by atoms with Gasteiger partial charge in [0.15, 0.2) is 4.60 Å². The lowest BCUT2D eigenvalue weighted by atomic mass is 10.1. The number of benzene rings is 1. The lowest BCUT2D eigenvalue weighted by Gasteiger charge is -1.97. The maximum absolute atomic E-state index is 4.04. The number of rotatable bonds is 1. The molecule has 1 N–H and O–H groups in total. The van der Waals surface area contributed by atoms with Gasteiger partial charge in [0.05, 0.1) is 0 Å². The minimum Gasteiger partial charge on any atom is -0.196 e. The molecule has 0 saturated heterocycles. The molecular formula is C9H8BrN3. The fourth-order valence-electron chi connectivity index (χ4n) is 1.19. The van der Waals surface area contributed by atoms with Crippen molar-refractivity contribution in [3.05, 3.63) is 34.4 Å². The predicted octanol–water partition coefficient (Wildman–Crippen LogP) is 2.54. The summed E-state index contributed by atoms with van der Waals surface area (Å²) in [5, 5.41) is 10.5. The van der Waals surface area contributed by atoms with Gasteiger partial charge in [0, 0.05) is 5.56 Å². The zero-order chi connectivity index (χ0) is 9.26. The average Bonchev–Trinajstić information content (AvgIpc) is 2.51. The van der Waals surface area contributed by atoms with Gasteiger partial charge in [-0.2, -0.15) is 10.3 Å². The number of aromatic nitrogens is 3. The van der Waals surface area contributed by atoms with Gasteiger partial charge < -0.3 is 0 Å². The van der Waals surface area contributed by atoms with Crippen molar-refractivity contribution in [2.75, 3.05) is 0 Å². The van der Waals surface area contributed by atoms with E-state index in [0.717, 1.165) is 15.9 Å². The van der Waals surface area contributed by atoms with Crippen molar-refractivity contribution in [3.63, 3.8) is 0 Å². The summed E-state index contributed by atoms with van der Waals surface area (Å²) in [5.41, 5.74) is 3.14. The first kappa shape index (κ1) is 8.44. The molecule has 1 aromatic carbocycles. The van der Waals surface area contributed by atoms with Crippen molar-refractivity contribution in [2.45, 2.75) is 6.92 Å². The lowest BCUT2D eigenvalue weighted by Crippen LogP contribution is -1.80. The molecule has 3 nitrogen and oxygen atoms in total. The summed E-state index contributed by atoms with van der Waals surface area (Å²) < 4.78 is 0.748. The highest BCUT2D eigenvalue weighted by molar-refractivity contribution is 9.10. The SMILES string of the molecule is Cc1cccc(-c2n[nH]nc2Br)c1. The van der Waals surface area contributed by atoms with Crippen LogP contribution in [0.5, 0.6) is 0 Å². The lowest BCUT2D eigenvalue weighted by molar-refractivity contribution is 0.935. The van der Waals surface area contributed by atoms with Gasteiger partial charge in [-0.05, 0) is 28.9 Å². The number of aromatic amines is 1. The van der Waals surface area contributed by atoms with Crippen LogP contribution in [0.15, 0.2) is 28.9 Å². The Morgan fingerprint density at radius 2 is 2.15 bits per heavy atom. The summed E-state index contributed by atoms with van der Waals surface area (Å²) in [6.07, 6.45) is 0. The summed E-state index contributed by atoms with van der Waals surface area (Å²) in [5.74, 6) is 0. The molecular weight excluding hydrogens is 230 g/mol. The van der Waals surface area contributed by atoms with Crippen LogP contribution >= 0.6 is 15.9 Å². The van der Waals surface area contributed by atoms with Gasteiger partial charge in [0.1, 0.15) is 5.69 Å². The van der Waals surface area contributed by atoms with Crippen molar-refractivity contribution in [1.29, 1.82) is 0 Å². The smallest absolute Gasteiger partial charge is 0.156 e. The molecule has 0 aliphatic heterocycles. The quantitative estimate of drug-likeness (QED) is 0.829. The second-order valence-electron chi connectivity index (χ2n) is 2.83. The molecule has 0 saturated carbocycles. The van der Waals surface area contributed by atoms with Gasteiger partial charge in [0.2, 0.25) is 0 Å². The van der Waals surface area contributed by atoms with Gasteiger partial charge in [0.25, 0.3) is 0 Å². The van der Waals surface area contributed by atoms with Crippen LogP contribution in [0.2, 0.25) is 0 Å². The van der Waals surface area contributed by atoms with E-state index in [4.69, 9.17) is 0 Å². The molecule has 0 amide bonds. The molecule has 0 fully saturated rings. The van der Waals surface area contributed by atoms with Gasteiger partial charge in [-0.1, -0.05) is 23.8 Å². The van der Waals surface area contributed by atoms with Gasteiger partial charge in [-0.3, -0.25) is 0 Å². The second-order valence-corrected chi connectivity index (χ2v) is 3.58. The van der Waals surface area contributed by atoms with Crippen LogP contribution in [0, 0.1) is 6.92 Å². The molecule has 0 atom stereocenters. The first-order valence-corrected chi connectivity index (χ1v) is 4.70. The molecule has 0 radical (unpaired) electrons. The van der Waals surface area contributed by atoms with Gasteiger partial charge in [-0.25, -0.2) is 0 Å². The average molecular weight is 238 g/mol. The van der Waals surface area contributed by atoms with E-state index in [2.05, 4.69) is 50.4 Å². The molecule has 1 heterocycles. The molecule has 4 heteroatoms. The van der Waals surface area contributed by atoms with E-state index in [-0.39, 0.29) is 0 Å². The summed E-state index contributed by atoms with van der Waals surface area (Å²) in [6.45, 7) is 2.05. The van der Waals surface area contributed by atoms with Crippen LogP contribution in [0.3, 0.4) is 0 Å². The van der Waals surface area contributed by atoms with Crippen molar-refractivity contribution >= 4 is 15.9 Å². The van der Waals surface area contributed by atoms with Crippen LogP contribution in [0.4, 0.5) is 0 Å². The summed E-state index contributed by atoms with van der Waals surface area (Å²) in [4.78, 5) is 0. The Labute approximate surface area is 84.3 Å². The molecule has 0 aliphatic carbocycles. The number of nitrogens with zero attached hydrogens (tertiary/aromatic N) is 2. The van der Waals surface area contributed by atoms with Gasteiger partial charge in [-0.15, -0.1) is 5.10 Å². The molecule has 13 heavy (non-hydrogen) atoms. The van der Waals surface area contributed by atoms with Crippen molar-refractivity contribution in [2.24, 2.45) is 0 Å². The first-order chi connectivity index (χ1) is 6.27. The predicted molar refractivity (Wildman–Crippen MR) is 54.3 cm³/mol. The molecule has 1 aromatic heterocycles. The Kier molecular flexibility index (Phi) is 2.14. The third-order valence-corrected chi connectivity index (χ3v) is 2.35. The van der Waals surface area contributed by atoms with E-state index in [1.807, 2.05) is 12.1 Å². The number of hydrogen-bond acceptors (Lipinski definition) is 2. The molecule has 2 aromatic rings. The highest BCUT2D eigenvalue weighted by atomic mass is 79.9. The molecule has 0 aliphatic rings. The standard InChI is InChI=1S/C9H8BrN3/c1-6-3-2-4-7(5-6)8-9(10)12-13-11-8/h2-5H,1H3,(H,11,12,13). The Balaban J connectivity index is 2.53. The van der Waals surface area contributed by atoms with E-state index < -0.39 is 0 Å². The highest BCUT2D eigenvalue weighted by Crippen LogP contribution is 2.23. The number of nitrogens with one attached hydrogen (secondary N) is 1. The number of hydrogen-bond donors (Lipinski definition) is 1. The normalized spacial score (nSPS) is 10.3. The number of halogens is 1. The van der Waals surface area contributed by atoms with E-state index in [1.165, 1.54) is 5.56 Å². The summed E-state index contributed by atoms with van der Waals surface area (Å²) in [6, 6.07) is 8.14. The fraction of sp³-hybridized carbons (Fsp3) is 0.111. The maximum atomic E-state index is 4.04. The summed E-state index contributed by atoms with van der Waals surface area (Å²) in [7, 11) is 0. The second kappa shape index (κ2) is 3.30. The molecule has 0 unspecified atom stereocenters. The first-order valence-electron chi connectivity index (χ1n) is 3.90. The van der Waals surface area contributed by atoms with Crippen molar-refractivity contribution in [1.82, 2.24) is 15.4 Å². The van der Waals surface area contributed by atoms with E-state index in [9.17, 15) is 0 Å². The van der Waals surface area contributed by atoms with Crippen molar-refractivity contribution in [3.8, 4) is 11.3 Å². The van der Waals surface area contributed by atoms with Crippen molar-refractivity contribution < 1.29 is 0 Å². The van der Waals surface area contributed by atoms with E-state index in [1.54, 1.807) is 0 Å². The maximum Gasteiger partial charge on any atom is 0.156 e. The highest BCUT2D eigenvalue weighted by Gasteiger charge is 2.06. The Bertz CT molecular complexity index is 422.